The smallest absolute Gasteiger partial charge is 0.235 e. The summed E-state index contributed by atoms with van der Waals surface area (Å²) in [4.78, 5) is 15.4. The van der Waals surface area contributed by atoms with Gasteiger partial charge in [-0.05, 0) is 87.9 Å². The van der Waals surface area contributed by atoms with Crippen molar-refractivity contribution < 1.29 is 0 Å². The molecule has 12 aromatic rings. The van der Waals surface area contributed by atoms with Crippen LogP contribution in [0.25, 0.3) is 110 Å². The van der Waals surface area contributed by atoms with E-state index in [2.05, 4.69) is 179 Å². The van der Waals surface area contributed by atoms with Gasteiger partial charge in [0.05, 0.1) is 27.6 Å². The first-order valence-corrected chi connectivity index (χ1v) is 18.9. The molecule has 4 heterocycles. The van der Waals surface area contributed by atoms with E-state index in [0.29, 0.717) is 5.95 Å². The molecule has 0 saturated heterocycles. The summed E-state index contributed by atoms with van der Waals surface area (Å²) >= 11 is 0. The van der Waals surface area contributed by atoms with Gasteiger partial charge in [-0.3, -0.25) is 9.55 Å². The topological polar surface area (TPSA) is 48.5 Å². The summed E-state index contributed by atoms with van der Waals surface area (Å²) in [6.45, 7) is 0. The summed E-state index contributed by atoms with van der Waals surface area (Å²) < 4.78 is 4.62. The van der Waals surface area contributed by atoms with Gasteiger partial charge in [0.1, 0.15) is 11.2 Å². The number of para-hydroxylation sites is 3. The zero-order valence-electron chi connectivity index (χ0n) is 30.1. The Labute approximate surface area is 321 Å². The molecule has 0 aliphatic rings. The van der Waals surface area contributed by atoms with E-state index in [9.17, 15) is 0 Å². The summed E-state index contributed by atoms with van der Waals surface area (Å²) in [5.41, 5.74) is 11.4. The Hall–Kier alpha value is -7.63. The van der Waals surface area contributed by atoms with Crippen LogP contribution in [0, 0.1) is 0 Å². The molecule has 0 radical (unpaired) electrons. The van der Waals surface area contributed by atoms with Crippen LogP contribution < -0.4 is 0 Å². The van der Waals surface area contributed by atoms with Crippen molar-refractivity contribution in [3.63, 3.8) is 0 Å². The van der Waals surface area contributed by atoms with Gasteiger partial charge in [-0.2, -0.15) is 0 Å². The molecule has 12 rings (SSSR count). The molecule has 0 amide bonds. The van der Waals surface area contributed by atoms with Crippen molar-refractivity contribution in [2.24, 2.45) is 0 Å². The minimum Gasteiger partial charge on any atom is -0.309 e. The van der Waals surface area contributed by atoms with Crippen LogP contribution >= 0.6 is 0 Å². The first-order valence-electron chi connectivity index (χ1n) is 18.9. The monoisotopic (exact) mass is 713 g/mol. The van der Waals surface area contributed by atoms with Crippen LogP contribution in [0.2, 0.25) is 0 Å². The second kappa shape index (κ2) is 11.9. The molecule has 0 N–H and O–H groups in total. The van der Waals surface area contributed by atoms with Crippen molar-refractivity contribution >= 4 is 76.2 Å². The minimum absolute atomic E-state index is 0.618. The molecular weight excluding hydrogens is 683 g/mol. The number of hydrogen-bond donors (Lipinski definition) is 0. The van der Waals surface area contributed by atoms with Crippen molar-refractivity contribution in [2.75, 3.05) is 0 Å². The summed E-state index contributed by atoms with van der Waals surface area (Å²) in [5, 5.41) is 9.44. The maximum atomic E-state index is 5.39. The number of rotatable bonds is 4. The van der Waals surface area contributed by atoms with Crippen molar-refractivity contribution in [1.29, 1.82) is 0 Å². The maximum absolute atomic E-state index is 5.39. The lowest BCUT2D eigenvalue weighted by molar-refractivity contribution is 1.01. The minimum atomic E-state index is 0.618. The molecule has 0 atom stereocenters. The zero-order chi connectivity index (χ0) is 36.7. The molecule has 260 valence electrons. The van der Waals surface area contributed by atoms with Crippen LogP contribution in [0.3, 0.4) is 0 Å². The first kappa shape index (κ1) is 30.8. The van der Waals surface area contributed by atoms with Crippen LogP contribution in [-0.2, 0) is 0 Å². The summed E-state index contributed by atoms with van der Waals surface area (Å²) in [6.07, 6.45) is 1.82. The molecule has 8 aromatic carbocycles. The molecule has 5 heteroatoms. The van der Waals surface area contributed by atoms with E-state index in [4.69, 9.17) is 15.0 Å². The average molecular weight is 714 g/mol. The van der Waals surface area contributed by atoms with Crippen molar-refractivity contribution in [3.8, 4) is 34.0 Å². The van der Waals surface area contributed by atoms with Crippen molar-refractivity contribution in [3.05, 3.63) is 188 Å². The van der Waals surface area contributed by atoms with Gasteiger partial charge in [0.15, 0.2) is 0 Å². The SMILES string of the molecule is c1ccc(-n2c3ccccc3c3cc(-c4cc5c6ccccc6n(-c6nc(-c7ccc8ccccc8c7)c7ncccc7n6)c5c5ccccc45)ccc32)cc1. The molecule has 56 heavy (non-hydrogen) atoms. The Balaban J connectivity index is 1.13. The molecule has 0 aliphatic carbocycles. The number of benzene rings is 8. The maximum Gasteiger partial charge on any atom is 0.235 e. The predicted octanol–water partition coefficient (Wildman–Crippen LogP) is 12.9. The van der Waals surface area contributed by atoms with E-state index in [-0.39, 0.29) is 0 Å². The van der Waals surface area contributed by atoms with E-state index in [1.165, 1.54) is 43.7 Å². The Morgan fingerprint density at radius 1 is 0.393 bits per heavy atom. The molecule has 5 nitrogen and oxygen atoms in total. The summed E-state index contributed by atoms with van der Waals surface area (Å²) in [7, 11) is 0. The van der Waals surface area contributed by atoms with Crippen LogP contribution in [-0.4, -0.2) is 24.1 Å². The highest BCUT2D eigenvalue weighted by atomic mass is 15.2. The van der Waals surface area contributed by atoms with Gasteiger partial charge in [-0.1, -0.05) is 121 Å². The highest BCUT2D eigenvalue weighted by molar-refractivity contribution is 6.22. The normalized spacial score (nSPS) is 11.9. The van der Waals surface area contributed by atoms with Gasteiger partial charge >= 0.3 is 0 Å². The number of nitrogens with zero attached hydrogens (tertiary/aromatic N) is 5. The molecule has 0 unspecified atom stereocenters. The number of pyridine rings is 1. The molecule has 0 saturated carbocycles. The standard InChI is InChI=1S/C51H31N5/c1-2-15-36(16-3-1)55-45-22-10-8-18-38(45)42-30-34(26-27-47(42)55)41-31-43-39-19-9-11-23-46(39)56(50(43)40-20-7-6-17-37(40)41)51-53-44-21-12-28-52-49(44)48(54-51)35-25-24-32-13-4-5-14-33(32)29-35/h1-31H. The number of aromatic nitrogens is 5. The first-order chi connectivity index (χ1) is 27.8. The fourth-order valence-corrected chi connectivity index (χ4v) is 8.86. The predicted molar refractivity (Wildman–Crippen MR) is 232 cm³/mol. The fraction of sp³-hybridized carbons (Fsp3) is 0. The van der Waals surface area contributed by atoms with Crippen LogP contribution in [0.5, 0.6) is 0 Å². The molecule has 0 spiro atoms. The Kier molecular flexibility index (Phi) is 6.56. The third-order valence-electron chi connectivity index (χ3n) is 11.3. The second-order valence-corrected chi connectivity index (χ2v) is 14.4. The lowest BCUT2D eigenvalue weighted by Crippen LogP contribution is -2.04. The van der Waals surface area contributed by atoms with Crippen molar-refractivity contribution in [1.82, 2.24) is 24.1 Å². The number of fused-ring (bicyclic) bond motifs is 10. The van der Waals surface area contributed by atoms with E-state index in [1.807, 2.05) is 18.3 Å². The highest BCUT2D eigenvalue weighted by Crippen LogP contribution is 2.43. The zero-order valence-corrected chi connectivity index (χ0v) is 30.1. The molecular formula is C51H31N5. The van der Waals surface area contributed by atoms with Gasteiger partial charge < -0.3 is 4.57 Å². The summed E-state index contributed by atoms with van der Waals surface area (Å²) in [6, 6.07) is 65.0. The third-order valence-corrected chi connectivity index (χ3v) is 11.3. The van der Waals surface area contributed by atoms with Crippen LogP contribution in [0.15, 0.2) is 188 Å². The van der Waals surface area contributed by atoms with E-state index in [1.54, 1.807) is 0 Å². The third kappa shape index (κ3) is 4.52. The average Bonchev–Trinajstić information content (AvgIpc) is 3.78. The van der Waals surface area contributed by atoms with Crippen LogP contribution in [0.1, 0.15) is 0 Å². The van der Waals surface area contributed by atoms with Gasteiger partial charge in [-0.15, -0.1) is 0 Å². The number of hydrogen-bond acceptors (Lipinski definition) is 3. The lowest BCUT2D eigenvalue weighted by Gasteiger charge is -2.14. The molecule has 0 fully saturated rings. The highest BCUT2D eigenvalue weighted by Gasteiger charge is 2.22. The Bertz CT molecular complexity index is 3540. The summed E-state index contributed by atoms with van der Waals surface area (Å²) in [5.74, 6) is 0.618. The molecule has 0 bridgehead atoms. The van der Waals surface area contributed by atoms with Crippen molar-refractivity contribution in [2.45, 2.75) is 0 Å². The van der Waals surface area contributed by atoms with E-state index < -0.39 is 0 Å². The quantitative estimate of drug-likeness (QED) is 0.182. The van der Waals surface area contributed by atoms with Gasteiger partial charge in [-0.25, -0.2) is 9.97 Å². The molecule has 4 aromatic heterocycles. The Morgan fingerprint density at radius 3 is 1.89 bits per heavy atom. The largest absolute Gasteiger partial charge is 0.309 e. The van der Waals surface area contributed by atoms with Crippen LogP contribution in [0.4, 0.5) is 0 Å². The fourth-order valence-electron chi connectivity index (χ4n) is 8.86. The lowest BCUT2D eigenvalue weighted by atomic mass is 9.94. The second-order valence-electron chi connectivity index (χ2n) is 14.4. The van der Waals surface area contributed by atoms with Gasteiger partial charge in [0.25, 0.3) is 0 Å². The van der Waals surface area contributed by atoms with E-state index in [0.717, 1.165) is 60.6 Å². The van der Waals surface area contributed by atoms with E-state index >= 15 is 0 Å². The molecule has 0 aliphatic heterocycles. The Morgan fingerprint density at radius 2 is 1.05 bits per heavy atom. The van der Waals surface area contributed by atoms with Gasteiger partial charge in [0, 0.05) is 44.4 Å². The van der Waals surface area contributed by atoms with Gasteiger partial charge in [0.2, 0.25) is 5.95 Å².